The molecule has 5 nitrogen and oxygen atoms in total. The number of Topliss-reactive ketones (excluding diaryl/α,β-unsaturated/α-hetero) is 1. The number of hydrogen-bond acceptors (Lipinski definition) is 4. The molecule has 0 unspecified atom stereocenters. The van der Waals surface area contributed by atoms with Gasteiger partial charge >= 0.3 is 5.97 Å². The lowest BCUT2D eigenvalue weighted by atomic mass is 10.1. The molecule has 2 aromatic carbocycles. The third-order valence-electron chi connectivity index (χ3n) is 3.32. The predicted molar refractivity (Wildman–Crippen MR) is 77.0 cm³/mol. The van der Waals surface area contributed by atoms with Crippen molar-refractivity contribution in [3.8, 4) is 0 Å². The molecule has 0 atom stereocenters. The minimum atomic E-state index is -1.11. The summed E-state index contributed by atoms with van der Waals surface area (Å²) in [5.74, 6) is -1.23. The van der Waals surface area contributed by atoms with Gasteiger partial charge in [-0.1, -0.05) is 6.07 Å². The summed E-state index contributed by atoms with van der Waals surface area (Å²) in [7, 11) is 0. The molecule has 3 aromatic rings. The van der Waals surface area contributed by atoms with E-state index in [9.17, 15) is 14.4 Å². The van der Waals surface area contributed by atoms with Gasteiger partial charge in [-0.15, -0.1) is 0 Å². The fourth-order valence-corrected chi connectivity index (χ4v) is 2.21. The van der Waals surface area contributed by atoms with Crippen LogP contribution in [0.25, 0.3) is 21.9 Å². The maximum Gasteiger partial charge on any atom is 0.335 e. The van der Waals surface area contributed by atoms with Crippen LogP contribution in [0.1, 0.15) is 27.6 Å². The van der Waals surface area contributed by atoms with Crippen molar-refractivity contribution >= 4 is 33.7 Å². The summed E-state index contributed by atoms with van der Waals surface area (Å²) < 4.78 is 5.61. The monoisotopic (exact) mass is 282 g/mol. The third-order valence-corrected chi connectivity index (χ3v) is 3.32. The van der Waals surface area contributed by atoms with Crippen molar-refractivity contribution in [3.63, 3.8) is 0 Å². The van der Waals surface area contributed by atoms with Crippen LogP contribution in [0.5, 0.6) is 0 Å². The van der Waals surface area contributed by atoms with Gasteiger partial charge in [0.1, 0.15) is 11.2 Å². The van der Waals surface area contributed by atoms with Crippen LogP contribution in [-0.4, -0.2) is 16.9 Å². The summed E-state index contributed by atoms with van der Waals surface area (Å²) in [6, 6.07) is 8.69. The number of aromatic carboxylic acids is 1. The van der Waals surface area contributed by atoms with Crippen LogP contribution in [0.2, 0.25) is 0 Å². The number of carboxylic acid groups (broad SMARTS) is 1. The molecular weight excluding hydrogens is 272 g/mol. The average molecular weight is 282 g/mol. The summed E-state index contributed by atoms with van der Waals surface area (Å²) in [5.41, 5.74) is 0.757. The lowest BCUT2D eigenvalue weighted by Crippen LogP contribution is -2.05. The Bertz CT molecular complexity index is 965. The van der Waals surface area contributed by atoms with E-state index in [2.05, 4.69) is 0 Å². The second-order valence-corrected chi connectivity index (χ2v) is 4.71. The number of benzene rings is 2. The van der Waals surface area contributed by atoms with Gasteiger partial charge < -0.3 is 9.52 Å². The standard InChI is InChI=1S/C16H10O5/c1-8(17)9-2-4-11-14(7-9)21-13-5-3-10(16(19)20)6-12(13)15(11)18/h2-7H,1H3,(H,19,20). The summed E-state index contributed by atoms with van der Waals surface area (Å²) in [4.78, 5) is 34.7. The van der Waals surface area contributed by atoms with E-state index in [0.717, 1.165) is 0 Å². The summed E-state index contributed by atoms with van der Waals surface area (Å²) in [6.45, 7) is 1.43. The molecule has 0 spiro atoms. The van der Waals surface area contributed by atoms with Crippen LogP contribution in [0, 0.1) is 0 Å². The van der Waals surface area contributed by atoms with Crippen LogP contribution in [0.15, 0.2) is 45.6 Å². The molecule has 3 rings (SSSR count). The Morgan fingerprint density at radius 2 is 1.67 bits per heavy atom. The molecule has 0 radical (unpaired) electrons. The van der Waals surface area contributed by atoms with Gasteiger partial charge in [-0.3, -0.25) is 9.59 Å². The molecule has 5 heteroatoms. The number of ketones is 1. The zero-order chi connectivity index (χ0) is 15.1. The fraction of sp³-hybridized carbons (Fsp3) is 0.0625. The number of fused-ring (bicyclic) bond motifs is 2. The Morgan fingerprint density at radius 1 is 0.952 bits per heavy atom. The van der Waals surface area contributed by atoms with Gasteiger partial charge in [0.25, 0.3) is 0 Å². The van der Waals surface area contributed by atoms with Crippen LogP contribution in [-0.2, 0) is 0 Å². The minimum absolute atomic E-state index is 0.0227. The normalized spacial score (nSPS) is 10.9. The first-order valence-corrected chi connectivity index (χ1v) is 6.22. The van der Waals surface area contributed by atoms with E-state index < -0.39 is 5.97 Å². The second kappa shape index (κ2) is 4.56. The fourth-order valence-electron chi connectivity index (χ4n) is 2.21. The number of carboxylic acids is 1. The van der Waals surface area contributed by atoms with E-state index in [1.54, 1.807) is 6.07 Å². The molecule has 1 heterocycles. The molecule has 0 saturated heterocycles. The highest BCUT2D eigenvalue weighted by atomic mass is 16.4. The third kappa shape index (κ3) is 2.08. The van der Waals surface area contributed by atoms with Crippen LogP contribution in [0.4, 0.5) is 0 Å². The maximum absolute atomic E-state index is 12.4. The largest absolute Gasteiger partial charge is 0.478 e. The first kappa shape index (κ1) is 13.1. The molecule has 0 amide bonds. The van der Waals surface area contributed by atoms with Gasteiger partial charge in [0, 0.05) is 5.56 Å². The van der Waals surface area contributed by atoms with Gasteiger partial charge in [-0.2, -0.15) is 0 Å². The Labute approximate surface area is 118 Å². The molecule has 0 aliphatic rings. The van der Waals surface area contributed by atoms with Gasteiger partial charge in [-0.05, 0) is 37.3 Å². The van der Waals surface area contributed by atoms with Gasteiger partial charge in [0.05, 0.1) is 16.3 Å². The summed E-state index contributed by atoms with van der Waals surface area (Å²) in [6.07, 6.45) is 0. The van der Waals surface area contributed by atoms with Crippen LogP contribution >= 0.6 is 0 Å². The van der Waals surface area contributed by atoms with E-state index in [1.165, 1.54) is 37.3 Å². The number of hydrogen-bond donors (Lipinski definition) is 1. The summed E-state index contributed by atoms with van der Waals surface area (Å²) in [5, 5.41) is 9.50. The lowest BCUT2D eigenvalue weighted by Gasteiger charge is -2.03. The SMILES string of the molecule is CC(=O)c1ccc2c(=O)c3cc(C(=O)O)ccc3oc2c1. The van der Waals surface area contributed by atoms with Crippen molar-refractivity contribution in [1.29, 1.82) is 0 Å². The topological polar surface area (TPSA) is 84.6 Å². The van der Waals surface area contributed by atoms with Crippen molar-refractivity contribution in [2.45, 2.75) is 6.92 Å². The van der Waals surface area contributed by atoms with E-state index >= 15 is 0 Å². The molecule has 104 valence electrons. The number of carbonyl (C=O) groups is 2. The molecule has 0 aliphatic carbocycles. The lowest BCUT2D eigenvalue weighted by molar-refractivity contribution is 0.0697. The molecule has 21 heavy (non-hydrogen) atoms. The van der Waals surface area contributed by atoms with Crippen molar-refractivity contribution in [1.82, 2.24) is 0 Å². The van der Waals surface area contributed by atoms with E-state index in [4.69, 9.17) is 9.52 Å². The summed E-state index contributed by atoms with van der Waals surface area (Å²) >= 11 is 0. The van der Waals surface area contributed by atoms with Gasteiger partial charge in [0.15, 0.2) is 5.78 Å². The van der Waals surface area contributed by atoms with Gasteiger partial charge in [-0.25, -0.2) is 4.79 Å². The highest BCUT2D eigenvalue weighted by Crippen LogP contribution is 2.21. The highest BCUT2D eigenvalue weighted by molar-refractivity contribution is 6.00. The smallest absolute Gasteiger partial charge is 0.335 e. The van der Waals surface area contributed by atoms with E-state index in [0.29, 0.717) is 22.1 Å². The predicted octanol–water partition coefficient (Wildman–Crippen LogP) is 2.85. The van der Waals surface area contributed by atoms with Crippen molar-refractivity contribution in [2.75, 3.05) is 0 Å². The van der Waals surface area contributed by atoms with Crippen LogP contribution in [0.3, 0.4) is 0 Å². The molecule has 0 aliphatic heterocycles. The van der Waals surface area contributed by atoms with E-state index in [1.807, 2.05) is 0 Å². The minimum Gasteiger partial charge on any atom is -0.478 e. The van der Waals surface area contributed by atoms with E-state index in [-0.39, 0.29) is 22.2 Å². The zero-order valence-electron chi connectivity index (χ0n) is 11.0. The molecule has 0 fully saturated rings. The maximum atomic E-state index is 12.4. The molecular formula is C16H10O5. The Morgan fingerprint density at radius 3 is 2.33 bits per heavy atom. The quantitative estimate of drug-likeness (QED) is 0.577. The van der Waals surface area contributed by atoms with Crippen molar-refractivity contribution in [3.05, 3.63) is 57.7 Å². The Kier molecular flexibility index (Phi) is 2.83. The average Bonchev–Trinajstić information content (AvgIpc) is 2.46. The second-order valence-electron chi connectivity index (χ2n) is 4.71. The highest BCUT2D eigenvalue weighted by Gasteiger charge is 2.12. The first-order valence-electron chi connectivity index (χ1n) is 6.22. The number of rotatable bonds is 2. The van der Waals surface area contributed by atoms with Crippen molar-refractivity contribution < 1.29 is 19.1 Å². The van der Waals surface area contributed by atoms with Crippen molar-refractivity contribution in [2.24, 2.45) is 0 Å². The van der Waals surface area contributed by atoms with Crippen LogP contribution < -0.4 is 5.43 Å². The first-order chi connectivity index (χ1) is 9.97. The number of carbonyl (C=O) groups excluding carboxylic acids is 1. The Hall–Kier alpha value is -2.95. The zero-order valence-corrected chi connectivity index (χ0v) is 11.0. The molecule has 1 aromatic heterocycles. The van der Waals surface area contributed by atoms with Gasteiger partial charge in [0.2, 0.25) is 5.43 Å². The molecule has 0 bridgehead atoms. The Balaban J connectivity index is 2.40. The molecule has 1 N–H and O–H groups in total. The molecule has 0 saturated carbocycles.